The lowest BCUT2D eigenvalue weighted by Crippen LogP contribution is -2.26. The molecule has 0 atom stereocenters. The molecule has 0 bridgehead atoms. The zero-order valence-electron chi connectivity index (χ0n) is 11.8. The Hall–Kier alpha value is -2.01. The Kier molecular flexibility index (Phi) is 4.85. The van der Waals surface area contributed by atoms with Gasteiger partial charge in [-0.25, -0.2) is 0 Å². The summed E-state index contributed by atoms with van der Waals surface area (Å²) in [7, 11) is 3.25. The van der Waals surface area contributed by atoms with Crippen molar-refractivity contribution in [3.63, 3.8) is 0 Å². The molecule has 1 amide bonds. The number of benzene rings is 2. The van der Waals surface area contributed by atoms with E-state index in [1.54, 1.807) is 48.3 Å². The van der Waals surface area contributed by atoms with Crippen LogP contribution in [0.3, 0.4) is 0 Å². The Morgan fingerprint density at radius 3 is 2.71 bits per heavy atom. The van der Waals surface area contributed by atoms with E-state index < -0.39 is 0 Å². The van der Waals surface area contributed by atoms with E-state index in [1.807, 2.05) is 6.07 Å². The number of rotatable bonds is 4. The third-order valence-corrected chi connectivity index (χ3v) is 3.56. The van der Waals surface area contributed by atoms with Crippen molar-refractivity contribution in [2.24, 2.45) is 0 Å². The highest BCUT2D eigenvalue weighted by molar-refractivity contribution is 9.10. The number of aromatic hydroxyl groups is 1. The van der Waals surface area contributed by atoms with Gasteiger partial charge in [-0.05, 0) is 35.9 Å². The molecule has 0 saturated carbocycles. The summed E-state index contributed by atoms with van der Waals surface area (Å²) in [5.74, 6) is 0.578. The number of hydrogen-bond acceptors (Lipinski definition) is 3. The van der Waals surface area contributed by atoms with Gasteiger partial charge in [0.1, 0.15) is 11.5 Å². The van der Waals surface area contributed by atoms with E-state index >= 15 is 0 Å². The molecule has 0 aromatic heterocycles. The van der Waals surface area contributed by atoms with Gasteiger partial charge in [0.2, 0.25) is 0 Å². The average Bonchev–Trinajstić information content (AvgIpc) is 2.46. The number of carbonyl (C=O) groups excluding carboxylic acids is 1. The van der Waals surface area contributed by atoms with Gasteiger partial charge in [0, 0.05) is 18.1 Å². The highest BCUT2D eigenvalue weighted by Crippen LogP contribution is 2.25. The minimum absolute atomic E-state index is 0.136. The Morgan fingerprint density at radius 2 is 2.05 bits per heavy atom. The SMILES string of the molecule is COc1cc(Br)ccc1C(=O)N(C)Cc1cccc(O)c1. The maximum Gasteiger partial charge on any atom is 0.257 e. The van der Waals surface area contributed by atoms with Crippen LogP contribution >= 0.6 is 15.9 Å². The molecule has 0 radical (unpaired) electrons. The molecule has 2 aromatic carbocycles. The van der Waals surface area contributed by atoms with Crippen molar-refractivity contribution >= 4 is 21.8 Å². The van der Waals surface area contributed by atoms with Gasteiger partial charge in [-0.1, -0.05) is 28.1 Å². The summed E-state index contributed by atoms with van der Waals surface area (Å²) < 4.78 is 6.10. The van der Waals surface area contributed by atoms with Crippen LogP contribution in [-0.4, -0.2) is 30.1 Å². The van der Waals surface area contributed by atoms with Crippen LogP contribution in [0.25, 0.3) is 0 Å². The van der Waals surface area contributed by atoms with Crippen molar-refractivity contribution in [1.29, 1.82) is 0 Å². The van der Waals surface area contributed by atoms with Crippen molar-refractivity contribution in [2.75, 3.05) is 14.2 Å². The number of phenols is 1. The number of amides is 1. The van der Waals surface area contributed by atoms with Gasteiger partial charge in [-0.3, -0.25) is 4.79 Å². The fourth-order valence-corrected chi connectivity index (χ4v) is 2.39. The Morgan fingerprint density at radius 1 is 1.29 bits per heavy atom. The highest BCUT2D eigenvalue weighted by Gasteiger charge is 2.17. The van der Waals surface area contributed by atoms with Gasteiger partial charge in [0.25, 0.3) is 5.91 Å². The highest BCUT2D eigenvalue weighted by atomic mass is 79.9. The first-order chi connectivity index (χ1) is 10.0. The lowest BCUT2D eigenvalue weighted by Gasteiger charge is -2.19. The van der Waals surface area contributed by atoms with Gasteiger partial charge >= 0.3 is 0 Å². The summed E-state index contributed by atoms with van der Waals surface area (Å²) in [4.78, 5) is 14.1. The van der Waals surface area contributed by atoms with Crippen LogP contribution in [0.5, 0.6) is 11.5 Å². The Bertz CT molecular complexity index is 658. The van der Waals surface area contributed by atoms with Crippen LogP contribution in [0.4, 0.5) is 0 Å². The zero-order chi connectivity index (χ0) is 15.4. The molecule has 0 unspecified atom stereocenters. The van der Waals surface area contributed by atoms with Crippen LogP contribution in [0.1, 0.15) is 15.9 Å². The summed E-state index contributed by atoms with van der Waals surface area (Å²) in [6.45, 7) is 0.409. The molecule has 5 heteroatoms. The second kappa shape index (κ2) is 6.63. The number of halogens is 1. The standard InChI is InChI=1S/C16H16BrNO3/c1-18(10-11-4-3-5-13(19)8-11)16(20)14-7-6-12(17)9-15(14)21-2/h3-9,19H,10H2,1-2H3. The second-order valence-corrected chi connectivity index (χ2v) is 5.59. The molecule has 110 valence electrons. The summed E-state index contributed by atoms with van der Waals surface area (Å²) in [5.41, 5.74) is 1.37. The van der Waals surface area contributed by atoms with E-state index in [0.717, 1.165) is 10.0 Å². The minimum atomic E-state index is -0.136. The number of carbonyl (C=O) groups is 1. The first-order valence-electron chi connectivity index (χ1n) is 6.38. The van der Waals surface area contributed by atoms with Crippen molar-refractivity contribution < 1.29 is 14.6 Å². The first-order valence-corrected chi connectivity index (χ1v) is 7.17. The molecule has 21 heavy (non-hydrogen) atoms. The van der Waals surface area contributed by atoms with Gasteiger partial charge in [-0.15, -0.1) is 0 Å². The molecule has 0 fully saturated rings. The third-order valence-electron chi connectivity index (χ3n) is 3.07. The molecule has 0 spiro atoms. The number of hydrogen-bond donors (Lipinski definition) is 1. The van der Waals surface area contributed by atoms with Crippen molar-refractivity contribution in [3.8, 4) is 11.5 Å². The molecule has 2 rings (SSSR count). The Labute approximate surface area is 132 Å². The number of methoxy groups -OCH3 is 1. The summed E-state index contributed by atoms with van der Waals surface area (Å²) in [6.07, 6.45) is 0. The molecule has 0 heterocycles. The normalized spacial score (nSPS) is 10.2. The minimum Gasteiger partial charge on any atom is -0.508 e. The predicted octanol–water partition coefficient (Wildman–Crippen LogP) is 3.44. The molecule has 4 nitrogen and oxygen atoms in total. The number of phenolic OH excluding ortho intramolecular Hbond substituents is 1. The quantitative estimate of drug-likeness (QED) is 0.919. The molecular weight excluding hydrogens is 334 g/mol. The molecule has 0 aliphatic heterocycles. The summed E-state index contributed by atoms with van der Waals surface area (Å²) in [5, 5.41) is 9.47. The van der Waals surface area contributed by atoms with Crippen molar-refractivity contribution in [1.82, 2.24) is 4.90 Å². The fourth-order valence-electron chi connectivity index (χ4n) is 2.05. The van der Waals surface area contributed by atoms with Crippen LogP contribution in [0.2, 0.25) is 0 Å². The van der Waals surface area contributed by atoms with Gasteiger partial charge < -0.3 is 14.7 Å². The largest absolute Gasteiger partial charge is 0.508 e. The Balaban J connectivity index is 2.19. The molecule has 0 aliphatic rings. The van der Waals surface area contributed by atoms with Crippen molar-refractivity contribution in [2.45, 2.75) is 6.54 Å². The topological polar surface area (TPSA) is 49.8 Å². The van der Waals surface area contributed by atoms with Crippen LogP contribution < -0.4 is 4.74 Å². The molecule has 0 aliphatic carbocycles. The second-order valence-electron chi connectivity index (χ2n) is 4.68. The van der Waals surface area contributed by atoms with Crippen LogP contribution in [0.15, 0.2) is 46.9 Å². The zero-order valence-corrected chi connectivity index (χ0v) is 13.4. The molecule has 1 N–H and O–H groups in total. The average molecular weight is 350 g/mol. The first kappa shape index (κ1) is 15.4. The van der Waals surface area contributed by atoms with E-state index in [9.17, 15) is 9.90 Å². The van der Waals surface area contributed by atoms with E-state index in [1.165, 1.54) is 7.11 Å². The maximum absolute atomic E-state index is 12.5. The van der Waals surface area contributed by atoms with Crippen LogP contribution in [-0.2, 0) is 6.54 Å². The van der Waals surface area contributed by atoms with Gasteiger partial charge in [0.15, 0.2) is 0 Å². The maximum atomic E-state index is 12.5. The van der Waals surface area contributed by atoms with Crippen LogP contribution in [0, 0.1) is 0 Å². The lowest BCUT2D eigenvalue weighted by atomic mass is 10.1. The monoisotopic (exact) mass is 349 g/mol. The van der Waals surface area contributed by atoms with Gasteiger partial charge in [-0.2, -0.15) is 0 Å². The smallest absolute Gasteiger partial charge is 0.257 e. The fraction of sp³-hybridized carbons (Fsp3) is 0.188. The number of ether oxygens (including phenoxy) is 1. The summed E-state index contributed by atoms with van der Waals surface area (Å²) >= 11 is 3.35. The molecule has 0 saturated heterocycles. The van der Waals surface area contributed by atoms with Gasteiger partial charge in [0.05, 0.1) is 12.7 Å². The van der Waals surface area contributed by atoms with E-state index in [4.69, 9.17) is 4.74 Å². The number of nitrogens with zero attached hydrogens (tertiary/aromatic N) is 1. The lowest BCUT2D eigenvalue weighted by molar-refractivity contribution is 0.0781. The van der Waals surface area contributed by atoms with E-state index in [0.29, 0.717) is 17.9 Å². The summed E-state index contributed by atoms with van der Waals surface area (Å²) in [6, 6.07) is 12.1. The predicted molar refractivity (Wildman–Crippen MR) is 84.6 cm³/mol. The molecular formula is C16H16BrNO3. The van der Waals surface area contributed by atoms with E-state index in [-0.39, 0.29) is 11.7 Å². The third kappa shape index (κ3) is 3.76. The van der Waals surface area contributed by atoms with Crippen molar-refractivity contribution in [3.05, 3.63) is 58.1 Å². The molecule has 2 aromatic rings. The van der Waals surface area contributed by atoms with E-state index in [2.05, 4.69) is 15.9 Å².